The molecule has 0 aromatic heterocycles. The van der Waals surface area contributed by atoms with Crippen LogP contribution in [0.15, 0.2) is 24.3 Å². The molecular weight excluding hydrogens is 376 g/mol. The summed E-state index contributed by atoms with van der Waals surface area (Å²) < 4.78 is 10.9. The highest BCUT2D eigenvalue weighted by Gasteiger charge is 2.13. The first kappa shape index (κ1) is 26.2. The Morgan fingerprint density at radius 3 is 1.60 bits per heavy atom. The van der Waals surface area contributed by atoms with E-state index >= 15 is 0 Å². The molecule has 1 aromatic carbocycles. The monoisotopic (exact) mass is 418 g/mol. The zero-order chi connectivity index (χ0) is 22.2. The third kappa shape index (κ3) is 13.4. The van der Waals surface area contributed by atoms with E-state index in [0.717, 1.165) is 44.9 Å². The molecule has 0 aliphatic carbocycles. The Labute approximate surface area is 183 Å². The van der Waals surface area contributed by atoms with Crippen LogP contribution in [0.2, 0.25) is 0 Å². The Hall–Kier alpha value is -1.84. The number of ether oxygens (including phenoxy) is 2. The van der Waals surface area contributed by atoms with Gasteiger partial charge in [-0.1, -0.05) is 91.2 Å². The van der Waals surface area contributed by atoms with Crippen LogP contribution >= 0.6 is 0 Å². The highest BCUT2D eigenvalue weighted by atomic mass is 16.6. The largest absolute Gasteiger partial charge is 0.423 e. The standard InChI is InChI=1S/C26H42O4/c1-5-6-7-12-19-24(27)29-22-17-14-15-18-23(22)30-25(28)20-13-10-8-9-11-16-21-26(2,3)4/h14-15,17-18H,5-13,16,19-21H2,1-4H3. The predicted octanol–water partition coefficient (Wildman–Crippen LogP) is 7.63. The third-order valence-corrected chi connectivity index (χ3v) is 5.09. The van der Waals surface area contributed by atoms with E-state index < -0.39 is 0 Å². The van der Waals surface area contributed by atoms with E-state index in [-0.39, 0.29) is 11.9 Å². The van der Waals surface area contributed by atoms with Crippen LogP contribution in [-0.2, 0) is 9.59 Å². The maximum Gasteiger partial charge on any atom is 0.311 e. The Kier molecular flexibility index (Phi) is 13.1. The molecule has 0 spiro atoms. The number of unbranched alkanes of at least 4 members (excludes halogenated alkanes) is 8. The van der Waals surface area contributed by atoms with Crippen molar-refractivity contribution in [2.75, 3.05) is 0 Å². The minimum atomic E-state index is -0.277. The molecule has 0 atom stereocenters. The molecule has 170 valence electrons. The molecule has 0 amide bonds. The fraction of sp³-hybridized carbons (Fsp3) is 0.692. The number of hydrogen-bond donors (Lipinski definition) is 0. The second-order valence-electron chi connectivity index (χ2n) is 9.39. The molecule has 4 nitrogen and oxygen atoms in total. The van der Waals surface area contributed by atoms with Crippen LogP contribution < -0.4 is 9.47 Å². The van der Waals surface area contributed by atoms with Crippen molar-refractivity contribution in [2.45, 2.75) is 111 Å². The van der Waals surface area contributed by atoms with Crippen molar-refractivity contribution in [2.24, 2.45) is 5.41 Å². The van der Waals surface area contributed by atoms with Gasteiger partial charge in [0.25, 0.3) is 0 Å². The van der Waals surface area contributed by atoms with Gasteiger partial charge in [-0.3, -0.25) is 9.59 Å². The number of rotatable bonds is 15. The SMILES string of the molecule is CCCCCCC(=O)Oc1ccccc1OC(=O)CCCCCCCCC(C)(C)C. The molecule has 0 unspecified atom stereocenters. The van der Waals surface area contributed by atoms with Crippen molar-refractivity contribution in [1.82, 2.24) is 0 Å². The average Bonchev–Trinajstić information content (AvgIpc) is 2.68. The maximum atomic E-state index is 12.2. The molecule has 0 aliphatic heterocycles. The van der Waals surface area contributed by atoms with E-state index in [9.17, 15) is 9.59 Å². The van der Waals surface area contributed by atoms with Gasteiger partial charge < -0.3 is 9.47 Å². The predicted molar refractivity (Wildman–Crippen MR) is 123 cm³/mol. The van der Waals surface area contributed by atoms with Gasteiger partial charge in [0.15, 0.2) is 11.5 Å². The van der Waals surface area contributed by atoms with Gasteiger partial charge in [-0.15, -0.1) is 0 Å². The number of hydrogen-bond acceptors (Lipinski definition) is 4. The maximum absolute atomic E-state index is 12.2. The Bertz CT molecular complexity index is 616. The lowest BCUT2D eigenvalue weighted by Gasteiger charge is -2.17. The fourth-order valence-corrected chi connectivity index (χ4v) is 3.29. The van der Waals surface area contributed by atoms with E-state index in [1.165, 1.54) is 25.7 Å². The first-order valence-electron chi connectivity index (χ1n) is 11.8. The highest BCUT2D eigenvalue weighted by molar-refractivity contribution is 5.76. The third-order valence-electron chi connectivity index (χ3n) is 5.09. The molecule has 1 aromatic rings. The second-order valence-corrected chi connectivity index (χ2v) is 9.39. The van der Waals surface area contributed by atoms with Crippen LogP contribution in [0.25, 0.3) is 0 Å². The molecular formula is C26H42O4. The minimum Gasteiger partial charge on any atom is -0.423 e. The number of carbonyl (C=O) groups is 2. The number of carbonyl (C=O) groups excluding carboxylic acids is 2. The van der Waals surface area contributed by atoms with Crippen LogP contribution in [-0.4, -0.2) is 11.9 Å². The number of esters is 2. The van der Waals surface area contributed by atoms with Crippen LogP contribution in [0.1, 0.15) is 111 Å². The molecule has 30 heavy (non-hydrogen) atoms. The van der Waals surface area contributed by atoms with Crippen molar-refractivity contribution >= 4 is 11.9 Å². The van der Waals surface area contributed by atoms with Gasteiger partial charge in [0.1, 0.15) is 0 Å². The van der Waals surface area contributed by atoms with Crippen molar-refractivity contribution < 1.29 is 19.1 Å². The Morgan fingerprint density at radius 2 is 1.13 bits per heavy atom. The summed E-state index contributed by atoms with van der Waals surface area (Å²) in [4.78, 5) is 24.2. The summed E-state index contributed by atoms with van der Waals surface area (Å²) in [6.45, 7) is 8.99. The van der Waals surface area contributed by atoms with E-state index in [1.54, 1.807) is 24.3 Å². The summed E-state index contributed by atoms with van der Waals surface area (Å²) >= 11 is 0. The molecule has 0 heterocycles. The van der Waals surface area contributed by atoms with Crippen LogP contribution in [0.4, 0.5) is 0 Å². The Morgan fingerprint density at radius 1 is 0.700 bits per heavy atom. The van der Waals surface area contributed by atoms with Gasteiger partial charge in [0.2, 0.25) is 0 Å². The summed E-state index contributed by atoms with van der Waals surface area (Å²) in [5, 5.41) is 0. The van der Waals surface area contributed by atoms with Crippen LogP contribution in [0, 0.1) is 5.41 Å². The van der Waals surface area contributed by atoms with E-state index in [0.29, 0.717) is 29.8 Å². The highest BCUT2D eigenvalue weighted by Crippen LogP contribution is 2.28. The van der Waals surface area contributed by atoms with Crippen molar-refractivity contribution in [3.05, 3.63) is 24.3 Å². The summed E-state index contributed by atoms with van der Waals surface area (Å²) in [5.41, 5.74) is 0.420. The molecule has 0 N–H and O–H groups in total. The number of benzene rings is 1. The molecule has 1 rings (SSSR count). The van der Waals surface area contributed by atoms with Crippen molar-refractivity contribution in [3.8, 4) is 11.5 Å². The molecule has 0 saturated carbocycles. The summed E-state index contributed by atoms with van der Waals surface area (Å²) in [5.74, 6) is 0.104. The van der Waals surface area contributed by atoms with E-state index in [4.69, 9.17) is 9.47 Å². The smallest absolute Gasteiger partial charge is 0.311 e. The van der Waals surface area contributed by atoms with E-state index in [1.807, 2.05) is 0 Å². The van der Waals surface area contributed by atoms with E-state index in [2.05, 4.69) is 27.7 Å². The first-order chi connectivity index (χ1) is 14.3. The molecule has 0 saturated heterocycles. The summed E-state index contributed by atoms with van der Waals surface area (Å²) in [6, 6.07) is 6.90. The van der Waals surface area contributed by atoms with Crippen molar-refractivity contribution in [1.29, 1.82) is 0 Å². The van der Waals surface area contributed by atoms with Crippen LogP contribution in [0.5, 0.6) is 11.5 Å². The van der Waals surface area contributed by atoms with Crippen molar-refractivity contribution in [3.63, 3.8) is 0 Å². The lowest BCUT2D eigenvalue weighted by Crippen LogP contribution is -2.12. The van der Waals surface area contributed by atoms with Gasteiger partial charge >= 0.3 is 11.9 Å². The molecule has 4 heteroatoms. The topological polar surface area (TPSA) is 52.6 Å². The second kappa shape index (κ2) is 15.0. The first-order valence-corrected chi connectivity index (χ1v) is 11.8. The lowest BCUT2D eigenvalue weighted by molar-refractivity contribution is -0.137. The normalized spacial score (nSPS) is 11.3. The quantitative estimate of drug-likeness (QED) is 0.167. The summed E-state index contributed by atoms with van der Waals surface area (Å²) in [7, 11) is 0. The number of para-hydroxylation sites is 2. The van der Waals surface area contributed by atoms with Gasteiger partial charge in [-0.05, 0) is 36.8 Å². The zero-order valence-electron chi connectivity index (χ0n) is 19.6. The minimum absolute atomic E-state index is 0.269. The summed E-state index contributed by atoms with van der Waals surface area (Å²) in [6.07, 6.45) is 12.9. The van der Waals surface area contributed by atoms with Gasteiger partial charge in [0.05, 0.1) is 0 Å². The van der Waals surface area contributed by atoms with Crippen LogP contribution in [0.3, 0.4) is 0 Å². The zero-order valence-corrected chi connectivity index (χ0v) is 19.6. The lowest BCUT2D eigenvalue weighted by atomic mass is 9.89. The van der Waals surface area contributed by atoms with Gasteiger partial charge in [-0.2, -0.15) is 0 Å². The molecule has 0 bridgehead atoms. The Balaban J connectivity index is 2.26. The van der Waals surface area contributed by atoms with Gasteiger partial charge in [0, 0.05) is 12.8 Å². The molecule has 0 radical (unpaired) electrons. The fourth-order valence-electron chi connectivity index (χ4n) is 3.29. The molecule has 0 aliphatic rings. The average molecular weight is 419 g/mol. The molecule has 0 fully saturated rings. The van der Waals surface area contributed by atoms with Gasteiger partial charge in [-0.25, -0.2) is 0 Å².